The maximum atomic E-state index is 13.0. The van der Waals surface area contributed by atoms with E-state index in [-0.39, 0.29) is 12.2 Å². The van der Waals surface area contributed by atoms with Crippen LogP contribution in [0.25, 0.3) is 10.2 Å². The second-order valence-corrected chi connectivity index (χ2v) is 7.70. The number of aryl methyl sites for hydroxylation is 2. The Balaban J connectivity index is 1.66. The molecule has 148 valence electrons. The highest BCUT2D eigenvalue weighted by molar-refractivity contribution is 7.18. The summed E-state index contributed by atoms with van der Waals surface area (Å²) in [5, 5.41) is 13.7. The Hall–Kier alpha value is -3.18. The summed E-state index contributed by atoms with van der Waals surface area (Å²) in [6.45, 7) is 2.28. The molecule has 0 bridgehead atoms. The van der Waals surface area contributed by atoms with Crippen molar-refractivity contribution in [1.29, 1.82) is 5.26 Å². The highest BCUT2D eigenvalue weighted by Gasteiger charge is 2.19. The van der Waals surface area contributed by atoms with Crippen molar-refractivity contribution in [3.8, 4) is 17.6 Å². The largest absolute Gasteiger partial charge is 0.490 e. The van der Waals surface area contributed by atoms with E-state index in [1.54, 1.807) is 35.8 Å². The maximum Gasteiger partial charge on any atom is 0.282 e. The van der Waals surface area contributed by atoms with Crippen LogP contribution in [-0.2, 0) is 12.8 Å². The Morgan fingerprint density at radius 1 is 1.31 bits per heavy atom. The number of nitrogens with zero attached hydrogens (tertiary/aromatic N) is 4. The van der Waals surface area contributed by atoms with Crippen LogP contribution < -0.4 is 15.0 Å². The molecular weight excluding hydrogens is 388 g/mol. The van der Waals surface area contributed by atoms with Crippen LogP contribution in [0.15, 0.2) is 34.4 Å². The molecule has 1 aromatic carbocycles. The summed E-state index contributed by atoms with van der Waals surface area (Å²) in [5.41, 5.74) is 1.76. The zero-order valence-corrected chi connectivity index (χ0v) is 16.9. The van der Waals surface area contributed by atoms with Gasteiger partial charge in [0.25, 0.3) is 5.56 Å². The minimum Gasteiger partial charge on any atom is -0.490 e. The summed E-state index contributed by atoms with van der Waals surface area (Å²) < 4.78 is 12.2. The minimum atomic E-state index is -0.135. The van der Waals surface area contributed by atoms with E-state index in [1.807, 2.05) is 13.0 Å². The number of thiophene rings is 1. The molecule has 0 saturated heterocycles. The minimum absolute atomic E-state index is 0.0560. The number of rotatable bonds is 6. The summed E-state index contributed by atoms with van der Waals surface area (Å²) in [5.74, 6) is 1.02. The highest BCUT2D eigenvalue weighted by atomic mass is 32.1. The Labute approximate surface area is 171 Å². The van der Waals surface area contributed by atoms with Gasteiger partial charge in [0.15, 0.2) is 18.1 Å². The molecule has 0 saturated carbocycles. The normalized spacial score (nSPS) is 13.4. The molecule has 0 spiro atoms. The fraction of sp³-hybridized carbons (Fsp3) is 0.333. The molecule has 2 heterocycles. The van der Waals surface area contributed by atoms with Crippen LogP contribution in [-0.4, -0.2) is 29.1 Å². The predicted octanol–water partition coefficient (Wildman–Crippen LogP) is 3.52. The van der Waals surface area contributed by atoms with E-state index >= 15 is 0 Å². The second kappa shape index (κ2) is 8.45. The van der Waals surface area contributed by atoms with Crippen molar-refractivity contribution in [2.75, 3.05) is 13.2 Å². The van der Waals surface area contributed by atoms with E-state index in [2.05, 4.69) is 10.1 Å². The summed E-state index contributed by atoms with van der Waals surface area (Å²) in [7, 11) is 0. The van der Waals surface area contributed by atoms with Gasteiger partial charge in [-0.25, -0.2) is 4.98 Å². The van der Waals surface area contributed by atoms with Crippen LogP contribution in [0.4, 0.5) is 0 Å². The molecule has 0 amide bonds. The van der Waals surface area contributed by atoms with E-state index in [1.165, 1.54) is 22.3 Å². The first-order chi connectivity index (χ1) is 14.2. The van der Waals surface area contributed by atoms with Crippen LogP contribution in [0, 0.1) is 11.3 Å². The van der Waals surface area contributed by atoms with Crippen molar-refractivity contribution in [3.05, 3.63) is 50.9 Å². The van der Waals surface area contributed by atoms with Gasteiger partial charge in [-0.15, -0.1) is 11.3 Å². The molecule has 0 fully saturated rings. The van der Waals surface area contributed by atoms with Crippen LogP contribution in [0.2, 0.25) is 0 Å². The monoisotopic (exact) mass is 408 g/mol. The SMILES string of the molecule is CCOc1cc(/C=N\n2cnc3sc4c(c3c2=O)CCCC4)ccc1OCC#N. The van der Waals surface area contributed by atoms with Gasteiger partial charge in [-0.1, -0.05) is 0 Å². The van der Waals surface area contributed by atoms with Gasteiger partial charge < -0.3 is 9.47 Å². The van der Waals surface area contributed by atoms with E-state index in [4.69, 9.17) is 14.7 Å². The first-order valence-electron chi connectivity index (χ1n) is 9.54. The number of nitriles is 1. The third-order valence-corrected chi connectivity index (χ3v) is 5.95. The van der Waals surface area contributed by atoms with E-state index < -0.39 is 0 Å². The second-order valence-electron chi connectivity index (χ2n) is 6.62. The van der Waals surface area contributed by atoms with Crippen LogP contribution in [0.5, 0.6) is 11.5 Å². The van der Waals surface area contributed by atoms with E-state index in [0.717, 1.165) is 35.2 Å². The van der Waals surface area contributed by atoms with Crippen LogP contribution >= 0.6 is 11.3 Å². The third-order valence-electron chi connectivity index (χ3n) is 4.75. The zero-order valence-electron chi connectivity index (χ0n) is 16.1. The van der Waals surface area contributed by atoms with Gasteiger partial charge in [-0.3, -0.25) is 4.79 Å². The first kappa shape index (κ1) is 19.2. The molecule has 2 aromatic heterocycles. The average molecular weight is 408 g/mol. The number of hydrogen-bond donors (Lipinski definition) is 0. The van der Waals surface area contributed by atoms with Gasteiger partial charge >= 0.3 is 0 Å². The zero-order chi connectivity index (χ0) is 20.2. The summed E-state index contributed by atoms with van der Waals surface area (Å²) in [6.07, 6.45) is 7.29. The van der Waals surface area contributed by atoms with Gasteiger partial charge in [-0.05, 0) is 61.9 Å². The van der Waals surface area contributed by atoms with Crippen molar-refractivity contribution in [2.45, 2.75) is 32.6 Å². The Bertz CT molecular complexity index is 1170. The molecule has 29 heavy (non-hydrogen) atoms. The Morgan fingerprint density at radius 3 is 3.00 bits per heavy atom. The van der Waals surface area contributed by atoms with Crippen LogP contribution in [0.1, 0.15) is 35.8 Å². The first-order valence-corrected chi connectivity index (χ1v) is 10.4. The molecule has 3 aromatic rings. The molecular formula is C21H20N4O3S. The van der Waals surface area contributed by atoms with Gasteiger partial charge in [-0.2, -0.15) is 15.0 Å². The van der Waals surface area contributed by atoms with Crippen molar-refractivity contribution < 1.29 is 9.47 Å². The molecule has 1 aliphatic rings. The van der Waals surface area contributed by atoms with E-state index in [9.17, 15) is 4.79 Å². The smallest absolute Gasteiger partial charge is 0.282 e. The number of fused-ring (bicyclic) bond motifs is 3. The predicted molar refractivity (Wildman–Crippen MR) is 112 cm³/mol. The van der Waals surface area contributed by atoms with Crippen molar-refractivity contribution >= 4 is 27.8 Å². The molecule has 4 rings (SSSR count). The highest BCUT2D eigenvalue weighted by Crippen LogP contribution is 2.33. The van der Waals surface area contributed by atoms with Gasteiger partial charge in [0.05, 0.1) is 18.2 Å². The van der Waals surface area contributed by atoms with Gasteiger partial charge in [0.2, 0.25) is 0 Å². The van der Waals surface area contributed by atoms with Crippen molar-refractivity contribution in [2.24, 2.45) is 5.10 Å². The standard InChI is InChI=1S/C21H20N4O3S/c1-2-27-17-11-14(7-8-16(17)28-10-9-22)12-24-25-13-23-20-19(21(25)26)15-5-3-4-6-18(15)29-20/h7-8,11-13H,2-6,10H2,1H3/b24-12-. The lowest BCUT2D eigenvalue weighted by Crippen LogP contribution is -2.18. The summed E-state index contributed by atoms with van der Waals surface area (Å²) >= 11 is 1.62. The van der Waals surface area contributed by atoms with Gasteiger partial charge in [0, 0.05) is 4.88 Å². The molecule has 7 nitrogen and oxygen atoms in total. The lowest BCUT2D eigenvalue weighted by Gasteiger charge is -2.10. The number of benzene rings is 1. The number of aromatic nitrogens is 2. The molecule has 8 heteroatoms. The number of ether oxygens (including phenoxy) is 2. The van der Waals surface area contributed by atoms with E-state index in [0.29, 0.717) is 23.5 Å². The molecule has 0 aliphatic heterocycles. The van der Waals surface area contributed by atoms with Crippen LogP contribution in [0.3, 0.4) is 0 Å². The fourth-order valence-electron chi connectivity index (χ4n) is 3.45. The lowest BCUT2D eigenvalue weighted by atomic mass is 9.97. The third kappa shape index (κ3) is 3.87. The maximum absolute atomic E-state index is 13.0. The topological polar surface area (TPSA) is 89.5 Å². The van der Waals surface area contributed by atoms with Crippen molar-refractivity contribution in [1.82, 2.24) is 9.66 Å². The fourth-order valence-corrected chi connectivity index (χ4v) is 4.67. The average Bonchev–Trinajstić information content (AvgIpc) is 3.12. The molecule has 0 N–H and O–H groups in total. The summed E-state index contributed by atoms with van der Waals surface area (Å²) in [4.78, 5) is 19.5. The Kier molecular flexibility index (Phi) is 5.58. The number of hydrogen-bond acceptors (Lipinski definition) is 7. The van der Waals surface area contributed by atoms with Gasteiger partial charge in [0.1, 0.15) is 17.2 Å². The molecule has 1 aliphatic carbocycles. The molecule has 0 atom stereocenters. The quantitative estimate of drug-likeness (QED) is 0.582. The van der Waals surface area contributed by atoms with Crippen molar-refractivity contribution in [3.63, 3.8) is 0 Å². The molecule has 0 radical (unpaired) electrons. The molecule has 0 unspecified atom stereocenters. The Morgan fingerprint density at radius 2 is 2.17 bits per heavy atom. The lowest BCUT2D eigenvalue weighted by molar-refractivity contribution is 0.298. The summed E-state index contributed by atoms with van der Waals surface area (Å²) in [6, 6.07) is 7.22.